The van der Waals surface area contributed by atoms with Gasteiger partial charge in [0.25, 0.3) is 0 Å². The lowest BCUT2D eigenvalue weighted by Crippen LogP contribution is -2.42. The van der Waals surface area contributed by atoms with Gasteiger partial charge < -0.3 is 10.1 Å². The van der Waals surface area contributed by atoms with Crippen LogP contribution in [-0.4, -0.2) is 44.8 Å². The largest absolute Gasteiger partial charge is 0.465 e. The quantitative estimate of drug-likeness (QED) is 0.663. The zero-order valence-corrected chi connectivity index (χ0v) is 20.9. The Balaban J connectivity index is 1.73. The van der Waals surface area contributed by atoms with Crippen molar-refractivity contribution in [2.24, 2.45) is 5.92 Å². The van der Waals surface area contributed by atoms with E-state index in [1.807, 2.05) is 40.7 Å². The Kier molecular flexibility index (Phi) is 7.29. The molecule has 0 aliphatic carbocycles. The zero-order valence-electron chi connectivity index (χ0n) is 20.1. The molecule has 1 fully saturated rings. The molecule has 0 unspecified atom stereocenters. The van der Waals surface area contributed by atoms with E-state index in [4.69, 9.17) is 4.74 Å². The smallest absolute Gasteiger partial charge is 0.337 e. The summed E-state index contributed by atoms with van der Waals surface area (Å²) in [4.78, 5) is 25.1. The molecule has 2 aromatic rings. The average Bonchev–Trinajstić information content (AvgIpc) is 2.78. The van der Waals surface area contributed by atoms with Gasteiger partial charge in [0.2, 0.25) is 15.9 Å². The first-order valence-corrected chi connectivity index (χ1v) is 12.5. The number of esters is 1. The Hall–Kier alpha value is -2.71. The van der Waals surface area contributed by atoms with Gasteiger partial charge in [-0.25, -0.2) is 13.2 Å². The maximum absolute atomic E-state index is 13.5. The Morgan fingerprint density at radius 3 is 2.06 bits per heavy atom. The lowest BCUT2D eigenvalue weighted by Gasteiger charge is -2.32. The van der Waals surface area contributed by atoms with Gasteiger partial charge in [-0.3, -0.25) is 4.79 Å². The molecule has 2 aromatic carbocycles. The molecule has 0 bridgehead atoms. The van der Waals surface area contributed by atoms with Crippen LogP contribution in [0, 0.1) is 40.5 Å². The Morgan fingerprint density at radius 1 is 0.939 bits per heavy atom. The summed E-state index contributed by atoms with van der Waals surface area (Å²) in [6.45, 7) is 9.96. The van der Waals surface area contributed by atoms with Gasteiger partial charge in [-0.05, 0) is 87.4 Å². The highest BCUT2D eigenvalue weighted by Crippen LogP contribution is 2.31. The lowest BCUT2D eigenvalue weighted by molar-refractivity contribution is -0.120. The highest BCUT2D eigenvalue weighted by atomic mass is 32.2. The highest BCUT2D eigenvalue weighted by molar-refractivity contribution is 7.89. The number of hydrogen-bond donors (Lipinski definition) is 1. The minimum atomic E-state index is -3.65. The molecule has 1 aliphatic heterocycles. The number of carbonyl (C=O) groups excluding carboxylic acids is 2. The van der Waals surface area contributed by atoms with Crippen LogP contribution in [0.15, 0.2) is 29.2 Å². The number of sulfonamides is 1. The Labute approximate surface area is 196 Å². The monoisotopic (exact) mass is 472 g/mol. The fourth-order valence-corrected chi connectivity index (χ4v) is 6.34. The number of nitrogens with one attached hydrogen (secondary N) is 1. The standard InChI is InChI=1S/C25H32N2O5S/c1-15-7-8-21(25(29)32-6)14-22(15)26-24(28)20-9-11-27(12-10-20)33(30,31)23-18(4)16(2)13-17(3)19(23)5/h7-8,13-14,20H,9-12H2,1-6H3,(H,26,28). The lowest BCUT2D eigenvalue weighted by atomic mass is 9.97. The fraction of sp³-hybridized carbons (Fsp3) is 0.440. The molecule has 178 valence electrons. The topological polar surface area (TPSA) is 92.8 Å². The van der Waals surface area contributed by atoms with Crippen molar-refractivity contribution in [1.29, 1.82) is 0 Å². The van der Waals surface area contributed by atoms with Crippen LogP contribution in [0.2, 0.25) is 0 Å². The van der Waals surface area contributed by atoms with Crippen molar-refractivity contribution < 1.29 is 22.7 Å². The van der Waals surface area contributed by atoms with Crippen molar-refractivity contribution in [2.45, 2.75) is 52.4 Å². The normalized spacial score (nSPS) is 15.3. The predicted molar refractivity (Wildman–Crippen MR) is 128 cm³/mol. The second-order valence-corrected chi connectivity index (χ2v) is 10.7. The minimum Gasteiger partial charge on any atom is -0.465 e. The predicted octanol–water partition coefficient (Wildman–Crippen LogP) is 4.05. The van der Waals surface area contributed by atoms with Crippen LogP contribution in [0.4, 0.5) is 5.69 Å². The van der Waals surface area contributed by atoms with E-state index in [2.05, 4.69) is 5.32 Å². The summed E-state index contributed by atoms with van der Waals surface area (Å²) in [7, 11) is -2.34. The molecule has 0 radical (unpaired) electrons. The third kappa shape index (κ3) is 4.96. The van der Waals surface area contributed by atoms with E-state index in [0.29, 0.717) is 29.0 Å². The number of rotatable bonds is 5. The molecule has 33 heavy (non-hydrogen) atoms. The molecule has 0 aromatic heterocycles. The van der Waals surface area contributed by atoms with Gasteiger partial charge in [-0.2, -0.15) is 4.31 Å². The van der Waals surface area contributed by atoms with Crippen LogP contribution in [0.3, 0.4) is 0 Å². The first-order chi connectivity index (χ1) is 15.5. The first kappa shape index (κ1) is 24.9. The van der Waals surface area contributed by atoms with E-state index < -0.39 is 16.0 Å². The van der Waals surface area contributed by atoms with Crippen LogP contribution in [-0.2, 0) is 19.6 Å². The number of piperidine rings is 1. The zero-order chi connectivity index (χ0) is 24.5. The molecule has 0 atom stereocenters. The molecular weight excluding hydrogens is 440 g/mol. The molecule has 1 saturated heterocycles. The number of methoxy groups -OCH3 is 1. The van der Waals surface area contributed by atoms with Crippen LogP contribution >= 0.6 is 0 Å². The third-order valence-corrected chi connectivity index (χ3v) is 8.81. The van der Waals surface area contributed by atoms with E-state index in [-0.39, 0.29) is 24.9 Å². The van der Waals surface area contributed by atoms with E-state index >= 15 is 0 Å². The van der Waals surface area contributed by atoms with Gasteiger partial charge in [0.15, 0.2) is 0 Å². The summed E-state index contributed by atoms with van der Waals surface area (Å²) in [5.74, 6) is -0.948. The third-order valence-electron chi connectivity index (χ3n) is 6.64. The van der Waals surface area contributed by atoms with Gasteiger partial charge in [-0.1, -0.05) is 12.1 Å². The van der Waals surface area contributed by atoms with E-state index in [1.54, 1.807) is 18.2 Å². The second kappa shape index (κ2) is 9.65. The maximum Gasteiger partial charge on any atom is 0.337 e. The average molecular weight is 473 g/mol. The summed E-state index contributed by atoms with van der Waals surface area (Å²) in [6.07, 6.45) is 0.868. The number of amides is 1. The van der Waals surface area contributed by atoms with Crippen molar-refractivity contribution in [3.8, 4) is 0 Å². The first-order valence-electron chi connectivity index (χ1n) is 11.0. The molecule has 1 N–H and O–H groups in total. The minimum absolute atomic E-state index is 0.170. The van der Waals surface area contributed by atoms with Crippen LogP contribution in [0.5, 0.6) is 0 Å². The Morgan fingerprint density at radius 2 is 1.52 bits per heavy atom. The SMILES string of the molecule is COC(=O)c1ccc(C)c(NC(=O)C2CCN(S(=O)(=O)c3c(C)c(C)cc(C)c3C)CC2)c1. The number of aryl methyl sites for hydroxylation is 3. The van der Waals surface area contributed by atoms with Crippen LogP contribution in [0.1, 0.15) is 51.0 Å². The van der Waals surface area contributed by atoms with Crippen LogP contribution < -0.4 is 5.32 Å². The van der Waals surface area contributed by atoms with Gasteiger partial charge in [0.1, 0.15) is 0 Å². The van der Waals surface area contributed by atoms with Crippen LogP contribution in [0.25, 0.3) is 0 Å². The molecule has 0 saturated carbocycles. The highest BCUT2D eigenvalue weighted by Gasteiger charge is 2.34. The molecular formula is C25H32N2O5S. The number of ether oxygens (including phenoxy) is 1. The van der Waals surface area contributed by atoms with Crippen molar-refractivity contribution in [2.75, 3.05) is 25.5 Å². The molecule has 8 heteroatoms. The summed E-state index contributed by atoms with van der Waals surface area (Å²) in [5.41, 5.74) is 5.21. The molecule has 0 spiro atoms. The maximum atomic E-state index is 13.5. The summed E-state index contributed by atoms with van der Waals surface area (Å²) >= 11 is 0. The van der Waals surface area contributed by atoms with Crippen molar-refractivity contribution in [1.82, 2.24) is 4.31 Å². The van der Waals surface area contributed by atoms with Gasteiger partial charge >= 0.3 is 5.97 Å². The summed E-state index contributed by atoms with van der Waals surface area (Å²) in [6, 6.07) is 7.02. The molecule has 1 heterocycles. The van der Waals surface area contributed by atoms with E-state index in [9.17, 15) is 18.0 Å². The summed E-state index contributed by atoms with van der Waals surface area (Å²) < 4.78 is 33.2. The van der Waals surface area contributed by atoms with Crippen molar-refractivity contribution in [3.05, 3.63) is 57.6 Å². The number of carbonyl (C=O) groups is 2. The van der Waals surface area contributed by atoms with Gasteiger partial charge in [-0.15, -0.1) is 0 Å². The number of hydrogen-bond acceptors (Lipinski definition) is 5. The Bertz CT molecular complexity index is 1170. The second-order valence-electron chi connectivity index (χ2n) is 8.78. The van der Waals surface area contributed by atoms with Crippen molar-refractivity contribution in [3.63, 3.8) is 0 Å². The molecule has 3 rings (SSSR count). The van der Waals surface area contributed by atoms with Gasteiger partial charge in [0.05, 0.1) is 17.6 Å². The molecule has 1 amide bonds. The van der Waals surface area contributed by atoms with E-state index in [0.717, 1.165) is 27.8 Å². The number of anilines is 1. The van der Waals surface area contributed by atoms with Crippen molar-refractivity contribution >= 4 is 27.6 Å². The summed E-state index contributed by atoms with van der Waals surface area (Å²) in [5, 5.41) is 2.90. The number of nitrogens with zero attached hydrogens (tertiary/aromatic N) is 1. The fourth-order valence-electron chi connectivity index (χ4n) is 4.29. The van der Waals surface area contributed by atoms with Gasteiger partial charge in [0, 0.05) is 24.7 Å². The van der Waals surface area contributed by atoms with E-state index in [1.165, 1.54) is 11.4 Å². The molecule has 1 aliphatic rings. The number of benzene rings is 2. The molecule has 7 nitrogen and oxygen atoms in total.